The zero-order valence-corrected chi connectivity index (χ0v) is 11.4. The molecule has 0 saturated carbocycles. The molecule has 0 aliphatic heterocycles. The van der Waals surface area contributed by atoms with Crippen LogP contribution in [0.25, 0.3) is 0 Å². The molecule has 0 spiro atoms. The Hall–Kier alpha value is -2.08. The highest BCUT2D eigenvalue weighted by molar-refractivity contribution is 5.85. The van der Waals surface area contributed by atoms with Crippen LogP contribution in [0.5, 0.6) is 5.75 Å². The molecule has 110 valence electrons. The van der Waals surface area contributed by atoms with Crippen molar-refractivity contribution < 1.29 is 14.3 Å². The summed E-state index contributed by atoms with van der Waals surface area (Å²) in [6.45, 7) is 1.04. The van der Waals surface area contributed by atoms with Crippen molar-refractivity contribution in [3.63, 3.8) is 0 Å². The van der Waals surface area contributed by atoms with Gasteiger partial charge >= 0.3 is 0 Å². The fraction of sp³-hybridized carbons (Fsp3) is 0.429. The van der Waals surface area contributed by atoms with E-state index in [4.69, 9.17) is 10.5 Å². The molecule has 1 aromatic rings. The Labute approximate surface area is 118 Å². The molecule has 20 heavy (non-hydrogen) atoms. The largest absolute Gasteiger partial charge is 0.484 e. The minimum Gasteiger partial charge on any atom is -0.484 e. The quantitative estimate of drug-likeness (QED) is 0.556. The first kappa shape index (κ1) is 16.0. The summed E-state index contributed by atoms with van der Waals surface area (Å²) in [7, 11) is 0. The molecule has 6 nitrogen and oxygen atoms in total. The molecule has 0 atom stereocenters. The average Bonchev–Trinajstić information content (AvgIpc) is 2.48. The molecule has 4 N–H and O–H groups in total. The molecule has 0 aliphatic rings. The van der Waals surface area contributed by atoms with Crippen molar-refractivity contribution in [2.45, 2.75) is 12.8 Å². The van der Waals surface area contributed by atoms with Crippen LogP contribution in [0.15, 0.2) is 30.3 Å². The average molecular weight is 279 g/mol. The van der Waals surface area contributed by atoms with Gasteiger partial charge in [-0.25, -0.2) is 0 Å². The number of carbonyl (C=O) groups is 2. The van der Waals surface area contributed by atoms with Crippen LogP contribution in [-0.2, 0) is 9.59 Å². The number of rotatable bonds is 9. The van der Waals surface area contributed by atoms with E-state index in [9.17, 15) is 9.59 Å². The van der Waals surface area contributed by atoms with Gasteiger partial charge in [0.2, 0.25) is 5.91 Å². The third kappa shape index (κ3) is 7.38. The third-order valence-electron chi connectivity index (χ3n) is 2.51. The van der Waals surface area contributed by atoms with Gasteiger partial charge in [0.1, 0.15) is 5.75 Å². The van der Waals surface area contributed by atoms with Crippen LogP contribution in [0.4, 0.5) is 0 Å². The molecular formula is C14H21N3O3. The molecule has 0 aliphatic carbocycles. The third-order valence-corrected chi connectivity index (χ3v) is 2.51. The van der Waals surface area contributed by atoms with Crippen molar-refractivity contribution in [3.8, 4) is 5.75 Å². The van der Waals surface area contributed by atoms with E-state index in [1.165, 1.54) is 0 Å². The molecule has 0 unspecified atom stereocenters. The molecule has 0 bridgehead atoms. The number of hydrogen-bond acceptors (Lipinski definition) is 4. The smallest absolute Gasteiger partial charge is 0.258 e. The topological polar surface area (TPSA) is 93.5 Å². The number of carbonyl (C=O) groups excluding carboxylic acids is 2. The van der Waals surface area contributed by atoms with E-state index in [0.717, 1.165) is 12.8 Å². The second kappa shape index (κ2) is 9.80. The van der Waals surface area contributed by atoms with Gasteiger partial charge in [-0.1, -0.05) is 18.2 Å². The lowest BCUT2D eigenvalue weighted by Gasteiger charge is -2.08. The second-order valence-corrected chi connectivity index (χ2v) is 4.22. The summed E-state index contributed by atoms with van der Waals surface area (Å²) in [6, 6.07) is 9.03. The highest BCUT2D eigenvalue weighted by Gasteiger charge is 2.05. The van der Waals surface area contributed by atoms with Gasteiger partial charge in [-0.2, -0.15) is 0 Å². The Morgan fingerprint density at radius 1 is 1.05 bits per heavy atom. The fourth-order valence-electron chi connectivity index (χ4n) is 1.46. The lowest BCUT2D eigenvalue weighted by atomic mass is 10.3. The lowest BCUT2D eigenvalue weighted by molar-refractivity contribution is -0.127. The normalized spacial score (nSPS) is 9.85. The Morgan fingerprint density at radius 3 is 2.50 bits per heavy atom. The number of ether oxygens (including phenoxy) is 1. The highest BCUT2D eigenvalue weighted by Crippen LogP contribution is 2.07. The minimum absolute atomic E-state index is 0.0421. The van der Waals surface area contributed by atoms with Gasteiger partial charge in [-0.15, -0.1) is 0 Å². The van der Waals surface area contributed by atoms with Gasteiger partial charge in [0.25, 0.3) is 5.91 Å². The summed E-state index contributed by atoms with van der Waals surface area (Å²) in [5.41, 5.74) is 5.34. The number of benzene rings is 1. The molecule has 0 saturated heterocycles. The zero-order chi connectivity index (χ0) is 14.6. The van der Waals surface area contributed by atoms with Gasteiger partial charge in [0, 0.05) is 6.54 Å². The first-order valence-electron chi connectivity index (χ1n) is 6.63. The summed E-state index contributed by atoms with van der Waals surface area (Å²) >= 11 is 0. The number of nitrogens with two attached hydrogens (primary N) is 1. The van der Waals surface area contributed by atoms with E-state index in [1.807, 2.05) is 18.2 Å². The monoisotopic (exact) mass is 279 g/mol. The van der Waals surface area contributed by atoms with Gasteiger partial charge in [-0.05, 0) is 31.5 Å². The first-order valence-corrected chi connectivity index (χ1v) is 6.63. The van der Waals surface area contributed by atoms with Gasteiger partial charge in [-0.3, -0.25) is 9.59 Å². The van der Waals surface area contributed by atoms with Crippen molar-refractivity contribution in [3.05, 3.63) is 30.3 Å². The zero-order valence-electron chi connectivity index (χ0n) is 11.4. The van der Waals surface area contributed by atoms with Crippen LogP contribution in [-0.4, -0.2) is 38.1 Å². The van der Waals surface area contributed by atoms with Crippen LogP contribution < -0.4 is 21.1 Å². The molecule has 0 radical (unpaired) electrons. The van der Waals surface area contributed by atoms with Gasteiger partial charge in [0.15, 0.2) is 6.61 Å². The van der Waals surface area contributed by atoms with Crippen LogP contribution >= 0.6 is 0 Å². The number of hydrogen-bond donors (Lipinski definition) is 3. The van der Waals surface area contributed by atoms with E-state index >= 15 is 0 Å². The van der Waals surface area contributed by atoms with Crippen molar-refractivity contribution in [1.82, 2.24) is 10.6 Å². The molecule has 6 heteroatoms. The Bertz CT molecular complexity index is 409. The predicted molar refractivity (Wildman–Crippen MR) is 76.2 cm³/mol. The molecule has 1 aromatic carbocycles. The Morgan fingerprint density at radius 2 is 1.80 bits per heavy atom. The minimum atomic E-state index is -0.328. The standard InChI is InChI=1S/C14H21N3O3/c15-8-4-5-9-16-13(18)10-17-14(19)11-20-12-6-2-1-3-7-12/h1-3,6-7H,4-5,8-11,15H2,(H,16,18)(H,17,19). The summed E-state index contributed by atoms with van der Waals surface area (Å²) in [6.07, 6.45) is 1.71. The lowest BCUT2D eigenvalue weighted by Crippen LogP contribution is -2.39. The van der Waals surface area contributed by atoms with Gasteiger partial charge < -0.3 is 21.1 Å². The maximum Gasteiger partial charge on any atom is 0.258 e. The van der Waals surface area contributed by atoms with E-state index in [0.29, 0.717) is 18.8 Å². The summed E-state index contributed by atoms with van der Waals surface area (Å²) < 4.78 is 5.26. The maximum atomic E-state index is 11.5. The Kier molecular flexibility index (Phi) is 7.83. The van der Waals surface area contributed by atoms with Crippen LogP contribution in [0.3, 0.4) is 0 Å². The second-order valence-electron chi connectivity index (χ2n) is 4.22. The van der Waals surface area contributed by atoms with Crippen molar-refractivity contribution in [2.75, 3.05) is 26.2 Å². The molecule has 0 fully saturated rings. The van der Waals surface area contributed by atoms with Crippen molar-refractivity contribution >= 4 is 11.8 Å². The van der Waals surface area contributed by atoms with Crippen LogP contribution in [0.2, 0.25) is 0 Å². The summed E-state index contributed by atoms with van der Waals surface area (Å²) in [5, 5.41) is 5.19. The van der Waals surface area contributed by atoms with E-state index in [-0.39, 0.29) is 25.0 Å². The van der Waals surface area contributed by atoms with Gasteiger partial charge in [0.05, 0.1) is 6.54 Å². The molecule has 2 amide bonds. The number of amides is 2. The number of unbranched alkanes of at least 4 members (excludes halogenated alkanes) is 1. The highest BCUT2D eigenvalue weighted by atomic mass is 16.5. The van der Waals surface area contributed by atoms with E-state index in [2.05, 4.69) is 10.6 Å². The maximum absolute atomic E-state index is 11.5. The van der Waals surface area contributed by atoms with E-state index in [1.54, 1.807) is 12.1 Å². The number of para-hydroxylation sites is 1. The first-order chi connectivity index (χ1) is 9.72. The SMILES string of the molecule is NCCCCNC(=O)CNC(=O)COc1ccccc1. The summed E-state index contributed by atoms with van der Waals surface area (Å²) in [5.74, 6) is 0.0786. The predicted octanol–water partition coefficient (Wildman–Crippen LogP) is 0.0367. The number of nitrogens with one attached hydrogen (secondary N) is 2. The molecule has 1 rings (SSSR count). The van der Waals surface area contributed by atoms with Crippen LogP contribution in [0.1, 0.15) is 12.8 Å². The molecule has 0 heterocycles. The molecular weight excluding hydrogens is 258 g/mol. The van der Waals surface area contributed by atoms with Crippen molar-refractivity contribution in [1.29, 1.82) is 0 Å². The fourth-order valence-corrected chi connectivity index (χ4v) is 1.46. The molecule has 0 aromatic heterocycles. The summed E-state index contributed by atoms with van der Waals surface area (Å²) in [4.78, 5) is 22.9. The Balaban J connectivity index is 2.09. The van der Waals surface area contributed by atoms with E-state index < -0.39 is 0 Å². The van der Waals surface area contributed by atoms with Crippen LogP contribution in [0, 0.1) is 0 Å². The van der Waals surface area contributed by atoms with Crippen molar-refractivity contribution in [2.24, 2.45) is 5.73 Å².